The van der Waals surface area contributed by atoms with E-state index < -0.39 is 4.92 Å². The number of hydrazine groups is 1. The molecule has 0 spiro atoms. The highest BCUT2D eigenvalue weighted by Crippen LogP contribution is 2.50. The third kappa shape index (κ3) is 1.26. The fourth-order valence-electron chi connectivity index (χ4n) is 2.43. The molecule has 0 radical (unpaired) electrons. The molecule has 3 N–H and O–H groups in total. The molecule has 0 saturated carbocycles. The van der Waals surface area contributed by atoms with E-state index >= 15 is 0 Å². The molecule has 3 rings (SSSR count). The molecule has 0 fully saturated rings. The van der Waals surface area contributed by atoms with Crippen LogP contribution >= 0.6 is 0 Å². The molecule has 0 aliphatic carbocycles. The van der Waals surface area contributed by atoms with E-state index in [0.717, 1.165) is 5.56 Å². The van der Waals surface area contributed by atoms with Crippen LogP contribution in [-0.4, -0.2) is 18.1 Å². The summed E-state index contributed by atoms with van der Waals surface area (Å²) in [4.78, 5) is 10.7. The van der Waals surface area contributed by atoms with E-state index in [2.05, 4.69) is 5.43 Å². The lowest BCUT2D eigenvalue weighted by atomic mass is 10.0. The number of rotatable bonds is 2. The summed E-state index contributed by atoms with van der Waals surface area (Å²) >= 11 is 0. The first-order valence-corrected chi connectivity index (χ1v) is 5.32. The summed E-state index contributed by atoms with van der Waals surface area (Å²) in [7, 11) is 0. The van der Waals surface area contributed by atoms with Gasteiger partial charge in [0, 0.05) is 18.4 Å². The van der Waals surface area contributed by atoms with Crippen molar-refractivity contribution in [1.29, 1.82) is 0 Å². The molecule has 0 atom stereocenters. The molecule has 17 heavy (non-hydrogen) atoms. The number of nitrogens with two attached hydrogens (primary N) is 1. The summed E-state index contributed by atoms with van der Waals surface area (Å²) < 4.78 is 10.8. The van der Waals surface area contributed by atoms with Gasteiger partial charge in [0.2, 0.25) is 5.75 Å². The number of fused-ring (bicyclic) bond motifs is 2. The number of anilines is 1. The van der Waals surface area contributed by atoms with Gasteiger partial charge in [0.25, 0.3) is 0 Å². The Labute approximate surface area is 96.6 Å². The second-order valence-corrected chi connectivity index (χ2v) is 3.94. The van der Waals surface area contributed by atoms with Crippen LogP contribution in [0, 0.1) is 10.1 Å². The van der Waals surface area contributed by atoms with Gasteiger partial charge >= 0.3 is 5.69 Å². The molecule has 1 aromatic rings. The molecule has 0 amide bonds. The lowest BCUT2D eigenvalue weighted by Gasteiger charge is -2.12. The highest BCUT2D eigenvalue weighted by Gasteiger charge is 2.37. The zero-order chi connectivity index (χ0) is 12.0. The molecule has 0 bridgehead atoms. The molecule has 0 unspecified atom stereocenters. The minimum atomic E-state index is -0.405. The Morgan fingerprint density at radius 3 is 2.47 bits per heavy atom. The maximum atomic E-state index is 11.1. The fraction of sp³-hybridized carbons (Fsp3) is 0.400. The van der Waals surface area contributed by atoms with Crippen LogP contribution in [0.3, 0.4) is 0 Å². The smallest absolute Gasteiger partial charge is 0.318 e. The Kier molecular flexibility index (Phi) is 2.08. The molecule has 0 saturated heterocycles. The number of nitro benzene ring substituents is 1. The standard InChI is InChI=1S/C10H11N3O4/c11-12-7-5-1-3-17-10(5)8(13(14)15)6-2-4-16-9(6)7/h12H,1-4,11H2. The number of nitrogens with zero attached hydrogens (tertiary/aromatic N) is 1. The van der Waals surface area contributed by atoms with Crippen molar-refractivity contribution in [2.24, 2.45) is 5.84 Å². The van der Waals surface area contributed by atoms with Crippen LogP contribution in [0.4, 0.5) is 11.4 Å². The first kappa shape index (κ1) is 10.2. The Balaban J connectivity index is 2.34. The molecule has 2 aliphatic heterocycles. The number of nitrogen functional groups attached to an aromatic ring is 1. The van der Waals surface area contributed by atoms with Crippen LogP contribution in [0.25, 0.3) is 0 Å². The van der Waals surface area contributed by atoms with Crippen molar-refractivity contribution in [3.8, 4) is 11.5 Å². The first-order chi connectivity index (χ1) is 8.24. The molecule has 90 valence electrons. The van der Waals surface area contributed by atoms with E-state index in [1.165, 1.54) is 0 Å². The summed E-state index contributed by atoms with van der Waals surface area (Å²) in [5, 5.41) is 11.1. The predicted octanol–water partition coefficient (Wildman–Crippen LogP) is 0.750. The Hall–Kier alpha value is -2.02. The Bertz CT molecular complexity index is 480. The Morgan fingerprint density at radius 2 is 1.82 bits per heavy atom. The predicted molar refractivity (Wildman–Crippen MR) is 59.3 cm³/mol. The maximum absolute atomic E-state index is 11.1. The van der Waals surface area contributed by atoms with Gasteiger partial charge in [-0.3, -0.25) is 16.0 Å². The van der Waals surface area contributed by atoms with Gasteiger partial charge in [-0.05, 0) is 0 Å². The summed E-state index contributed by atoms with van der Waals surface area (Å²) in [6, 6.07) is 0. The number of ether oxygens (including phenoxy) is 2. The van der Waals surface area contributed by atoms with Gasteiger partial charge in [-0.1, -0.05) is 0 Å². The van der Waals surface area contributed by atoms with Crippen molar-refractivity contribution >= 4 is 11.4 Å². The largest absolute Gasteiger partial charge is 0.490 e. The van der Waals surface area contributed by atoms with Crippen molar-refractivity contribution < 1.29 is 14.4 Å². The van der Waals surface area contributed by atoms with Crippen molar-refractivity contribution in [3.63, 3.8) is 0 Å². The molecule has 1 aromatic carbocycles. The average Bonchev–Trinajstić information content (AvgIpc) is 2.92. The number of hydrogen-bond acceptors (Lipinski definition) is 6. The fourth-order valence-corrected chi connectivity index (χ4v) is 2.43. The second-order valence-electron chi connectivity index (χ2n) is 3.94. The molecular weight excluding hydrogens is 226 g/mol. The molecule has 0 aromatic heterocycles. The first-order valence-electron chi connectivity index (χ1n) is 5.32. The van der Waals surface area contributed by atoms with E-state index in [0.29, 0.717) is 48.8 Å². The van der Waals surface area contributed by atoms with Gasteiger partial charge < -0.3 is 14.9 Å². The van der Waals surface area contributed by atoms with Gasteiger partial charge in [-0.2, -0.15) is 0 Å². The monoisotopic (exact) mass is 237 g/mol. The van der Waals surface area contributed by atoms with Gasteiger partial charge in [0.05, 0.1) is 29.4 Å². The summed E-state index contributed by atoms with van der Waals surface area (Å²) in [5.41, 5.74) is 4.53. The van der Waals surface area contributed by atoms with Crippen LogP contribution in [0.5, 0.6) is 11.5 Å². The average molecular weight is 237 g/mol. The zero-order valence-electron chi connectivity index (χ0n) is 8.99. The molecule has 7 nitrogen and oxygen atoms in total. The van der Waals surface area contributed by atoms with Crippen LogP contribution in [0.15, 0.2) is 0 Å². The summed E-state index contributed by atoms with van der Waals surface area (Å²) in [5.74, 6) is 6.31. The van der Waals surface area contributed by atoms with E-state index in [4.69, 9.17) is 15.3 Å². The molecular formula is C10H11N3O4. The van der Waals surface area contributed by atoms with Crippen molar-refractivity contribution in [2.45, 2.75) is 12.8 Å². The highest BCUT2D eigenvalue weighted by molar-refractivity contribution is 5.78. The summed E-state index contributed by atoms with van der Waals surface area (Å²) in [6.45, 7) is 0.876. The van der Waals surface area contributed by atoms with Gasteiger partial charge in [0.15, 0.2) is 5.75 Å². The number of hydrogen-bond donors (Lipinski definition) is 2. The maximum Gasteiger partial charge on any atom is 0.318 e. The summed E-state index contributed by atoms with van der Waals surface area (Å²) in [6.07, 6.45) is 1.11. The van der Waals surface area contributed by atoms with Crippen molar-refractivity contribution in [1.82, 2.24) is 0 Å². The van der Waals surface area contributed by atoms with Gasteiger partial charge in [-0.15, -0.1) is 0 Å². The van der Waals surface area contributed by atoms with Crippen LogP contribution < -0.4 is 20.7 Å². The van der Waals surface area contributed by atoms with Crippen LogP contribution in [0.1, 0.15) is 11.1 Å². The zero-order valence-corrected chi connectivity index (χ0v) is 8.99. The van der Waals surface area contributed by atoms with Crippen LogP contribution in [0.2, 0.25) is 0 Å². The Morgan fingerprint density at radius 1 is 1.18 bits per heavy atom. The third-order valence-corrected chi connectivity index (χ3v) is 3.10. The molecule has 2 aliphatic rings. The minimum absolute atomic E-state index is 0.0315. The topological polar surface area (TPSA) is 99.7 Å². The third-order valence-electron chi connectivity index (χ3n) is 3.10. The van der Waals surface area contributed by atoms with Crippen molar-refractivity contribution in [2.75, 3.05) is 18.6 Å². The van der Waals surface area contributed by atoms with E-state index in [1.54, 1.807) is 0 Å². The highest BCUT2D eigenvalue weighted by atomic mass is 16.6. The number of benzene rings is 1. The van der Waals surface area contributed by atoms with Crippen LogP contribution in [-0.2, 0) is 12.8 Å². The quantitative estimate of drug-likeness (QED) is 0.447. The number of nitro groups is 1. The minimum Gasteiger partial charge on any atom is -0.490 e. The molecule has 2 heterocycles. The lowest BCUT2D eigenvalue weighted by Crippen LogP contribution is -2.11. The van der Waals surface area contributed by atoms with Crippen molar-refractivity contribution in [3.05, 3.63) is 21.2 Å². The SMILES string of the molecule is NNc1c2c(c([N+](=O)[O-])c3c1OCC3)OCC2. The number of nitrogens with one attached hydrogen (secondary N) is 1. The van der Waals surface area contributed by atoms with E-state index in [9.17, 15) is 10.1 Å². The second kappa shape index (κ2) is 3.49. The van der Waals surface area contributed by atoms with E-state index in [-0.39, 0.29) is 5.69 Å². The molecule has 7 heteroatoms. The van der Waals surface area contributed by atoms with Gasteiger partial charge in [-0.25, -0.2) is 0 Å². The lowest BCUT2D eigenvalue weighted by molar-refractivity contribution is -0.386. The van der Waals surface area contributed by atoms with Gasteiger partial charge in [0.1, 0.15) is 0 Å². The normalized spacial score (nSPS) is 15.8. The van der Waals surface area contributed by atoms with E-state index in [1.807, 2.05) is 0 Å².